The second-order valence-electron chi connectivity index (χ2n) is 6.44. The number of furan rings is 1. The van der Waals surface area contributed by atoms with Gasteiger partial charge in [-0.1, -0.05) is 42.5 Å². The van der Waals surface area contributed by atoms with Gasteiger partial charge in [0.15, 0.2) is 0 Å². The number of carbonyl (C=O) groups is 1. The molecule has 0 saturated heterocycles. The molecule has 4 nitrogen and oxygen atoms in total. The number of hydrogen-bond acceptors (Lipinski definition) is 3. The number of nitrogens with one attached hydrogen (secondary N) is 1. The summed E-state index contributed by atoms with van der Waals surface area (Å²) in [6.07, 6.45) is -2.59. The Morgan fingerprint density at radius 1 is 1.07 bits per heavy atom. The van der Waals surface area contributed by atoms with Crippen LogP contribution in [0, 0.1) is 11.3 Å². The van der Waals surface area contributed by atoms with E-state index in [1.54, 1.807) is 0 Å². The molecule has 1 amide bonds. The van der Waals surface area contributed by atoms with Crippen molar-refractivity contribution < 1.29 is 22.4 Å². The maximum absolute atomic E-state index is 12.9. The molecule has 1 N–H and O–H groups in total. The molecule has 0 spiro atoms. The molecule has 0 atom stereocenters. The lowest BCUT2D eigenvalue weighted by molar-refractivity contribution is -0.137. The number of nitriles is 1. The topological polar surface area (TPSA) is 66.0 Å². The fourth-order valence-electron chi connectivity index (χ4n) is 2.79. The molecular weight excluding hydrogens is 393 g/mol. The number of amides is 1. The predicted octanol–water partition coefficient (Wildman–Crippen LogP) is 5.23. The lowest BCUT2D eigenvalue weighted by Crippen LogP contribution is -2.26. The van der Waals surface area contributed by atoms with Crippen LogP contribution in [-0.2, 0) is 17.4 Å². The first kappa shape index (κ1) is 20.9. The highest BCUT2D eigenvalue weighted by atomic mass is 19.4. The van der Waals surface area contributed by atoms with E-state index in [0.717, 1.165) is 17.7 Å². The van der Waals surface area contributed by atoms with Gasteiger partial charge in [-0.15, -0.1) is 0 Å². The van der Waals surface area contributed by atoms with E-state index in [2.05, 4.69) is 5.32 Å². The molecule has 2 aromatic carbocycles. The lowest BCUT2D eigenvalue weighted by atomic mass is 10.1. The molecule has 3 aromatic rings. The van der Waals surface area contributed by atoms with Crippen LogP contribution in [0.3, 0.4) is 0 Å². The lowest BCUT2D eigenvalue weighted by Gasteiger charge is -2.07. The Morgan fingerprint density at radius 2 is 1.83 bits per heavy atom. The van der Waals surface area contributed by atoms with Crippen LogP contribution in [0.25, 0.3) is 17.4 Å². The number of rotatable bonds is 6. The Balaban J connectivity index is 1.69. The summed E-state index contributed by atoms with van der Waals surface area (Å²) in [6, 6.07) is 19.1. The molecule has 0 aliphatic rings. The Bertz CT molecular complexity index is 1090. The van der Waals surface area contributed by atoms with Gasteiger partial charge in [-0.25, -0.2) is 0 Å². The SMILES string of the molecule is N#C/C(=C/c1ccc(-c2cccc(C(F)(F)F)c2)o1)C(=O)NCCc1ccccc1. The zero-order valence-electron chi connectivity index (χ0n) is 15.7. The normalized spacial score (nSPS) is 11.7. The fourth-order valence-corrected chi connectivity index (χ4v) is 2.79. The molecule has 0 bridgehead atoms. The highest BCUT2D eigenvalue weighted by Gasteiger charge is 2.30. The number of nitrogens with zero attached hydrogens (tertiary/aromatic N) is 1. The van der Waals surface area contributed by atoms with Gasteiger partial charge in [0.25, 0.3) is 5.91 Å². The molecule has 0 aliphatic heterocycles. The molecule has 1 heterocycles. The maximum atomic E-state index is 12.9. The second kappa shape index (κ2) is 9.14. The van der Waals surface area contributed by atoms with Crippen molar-refractivity contribution in [3.8, 4) is 17.4 Å². The number of hydrogen-bond donors (Lipinski definition) is 1. The van der Waals surface area contributed by atoms with Crippen molar-refractivity contribution in [2.75, 3.05) is 6.54 Å². The first-order chi connectivity index (χ1) is 14.4. The van der Waals surface area contributed by atoms with Crippen molar-refractivity contribution in [3.05, 3.63) is 89.2 Å². The average molecular weight is 410 g/mol. The van der Waals surface area contributed by atoms with E-state index in [9.17, 15) is 23.2 Å². The monoisotopic (exact) mass is 410 g/mol. The number of carbonyl (C=O) groups excluding carboxylic acids is 1. The third-order valence-corrected chi connectivity index (χ3v) is 4.29. The van der Waals surface area contributed by atoms with Crippen LogP contribution in [0.4, 0.5) is 13.2 Å². The van der Waals surface area contributed by atoms with Gasteiger partial charge in [0.2, 0.25) is 0 Å². The van der Waals surface area contributed by atoms with E-state index in [1.807, 2.05) is 36.4 Å². The Morgan fingerprint density at radius 3 is 2.53 bits per heavy atom. The average Bonchev–Trinajstić information content (AvgIpc) is 3.21. The number of benzene rings is 2. The summed E-state index contributed by atoms with van der Waals surface area (Å²) in [5, 5.41) is 11.9. The van der Waals surface area contributed by atoms with Gasteiger partial charge in [-0.2, -0.15) is 18.4 Å². The van der Waals surface area contributed by atoms with Crippen molar-refractivity contribution in [3.63, 3.8) is 0 Å². The van der Waals surface area contributed by atoms with Gasteiger partial charge in [0.1, 0.15) is 23.2 Å². The molecule has 0 aliphatic carbocycles. The van der Waals surface area contributed by atoms with E-state index >= 15 is 0 Å². The predicted molar refractivity (Wildman–Crippen MR) is 106 cm³/mol. The molecule has 0 fully saturated rings. The summed E-state index contributed by atoms with van der Waals surface area (Å²) in [4.78, 5) is 12.2. The third kappa shape index (κ3) is 5.39. The van der Waals surface area contributed by atoms with Gasteiger partial charge >= 0.3 is 6.18 Å². The van der Waals surface area contributed by atoms with E-state index in [1.165, 1.54) is 30.3 Å². The largest absolute Gasteiger partial charge is 0.457 e. The van der Waals surface area contributed by atoms with Crippen LogP contribution in [0.5, 0.6) is 0 Å². The standard InChI is InChI=1S/C23H17F3N2O2/c24-23(25,26)19-8-4-7-17(13-19)21-10-9-20(30-21)14-18(15-27)22(29)28-12-11-16-5-2-1-3-6-16/h1-10,13-14H,11-12H2,(H,28,29)/b18-14-. The van der Waals surface area contributed by atoms with Crippen LogP contribution in [-0.4, -0.2) is 12.5 Å². The Labute approximate surface area is 171 Å². The highest BCUT2D eigenvalue weighted by Crippen LogP contribution is 2.32. The molecule has 0 saturated carbocycles. The summed E-state index contributed by atoms with van der Waals surface area (Å²) < 4.78 is 44.2. The molecular formula is C23H17F3N2O2. The quantitative estimate of drug-likeness (QED) is 0.447. The van der Waals surface area contributed by atoms with Gasteiger partial charge < -0.3 is 9.73 Å². The van der Waals surface area contributed by atoms with E-state index in [0.29, 0.717) is 13.0 Å². The van der Waals surface area contributed by atoms with Gasteiger partial charge in [0, 0.05) is 18.2 Å². The number of halogens is 3. The Hall–Kier alpha value is -3.79. The van der Waals surface area contributed by atoms with Crippen molar-refractivity contribution in [2.45, 2.75) is 12.6 Å². The minimum absolute atomic E-state index is 0.159. The molecule has 0 radical (unpaired) electrons. The van der Waals surface area contributed by atoms with Crippen molar-refractivity contribution >= 4 is 12.0 Å². The summed E-state index contributed by atoms with van der Waals surface area (Å²) in [6.45, 7) is 0.357. The van der Waals surface area contributed by atoms with Gasteiger partial charge in [-0.3, -0.25) is 4.79 Å². The first-order valence-electron chi connectivity index (χ1n) is 9.08. The van der Waals surface area contributed by atoms with E-state index in [-0.39, 0.29) is 22.7 Å². The molecule has 152 valence electrons. The molecule has 0 unspecified atom stereocenters. The molecule has 3 rings (SSSR count). The second-order valence-corrected chi connectivity index (χ2v) is 6.44. The van der Waals surface area contributed by atoms with Gasteiger partial charge in [-0.05, 0) is 36.2 Å². The zero-order chi connectivity index (χ0) is 21.6. The van der Waals surface area contributed by atoms with Crippen molar-refractivity contribution in [1.82, 2.24) is 5.32 Å². The minimum Gasteiger partial charge on any atom is -0.457 e. The van der Waals surface area contributed by atoms with Crippen LogP contribution in [0.2, 0.25) is 0 Å². The summed E-state index contributed by atoms with van der Waals surface area (Å²) in [5.74, 6) is -0.156. The van der Waals surface area contributed by atoms with Crippen molar-refractivity contribution in [1.29, 1.82) is 5.26 Å². The highest BCUT2D eigenvalue weighted by molar-refractivity contribution is 6.01. The maximum Gasteiger partial charge on any atom is 0.416 e. The van der Waals surface area contributed by atoms with E-state index in [4.69, 9.17) is 4.42 Å². The molecule has 30 heavy (non-hydrogen) atoms. The zero-order valence-corrected chi connectivity index (χ0v) is 15.7. The summed E-state index contributed by atoms with van der Waals surface area (Å²) in [7, 11) is 0. The fraction of sp³-hybridized carbons (Fsp3) is 0.130. The molecule has 7 heteroatoms. The smallest absolute Gasteiger partial charge is 0.416 e. The van der Waals surface area contributed by atoms with E-state index < -0.39 is 17.6 Å². The first-order valence-corrected chi connectivity index (χ1v) is 9.08. The molecule has 1 aromatic heterocycles. The van der Waals surface area contributed by atoms with Gasteiger partial charge in [0.05, 0.1) is 5.56 Å². The van der Waals surface area contributed by atoms with Crippen LogP contribution in [0.1, 0.15) is 16.9 Å². The summed E-state index contributed by atoms with van der Waals surface area (Å²) >= 11 is 0. The van der Waals surface area contributed by atoms with Crippen LogP contribution in [0.15, 0.2) is 76.7 Å². The summed E-state index contributed by atoms with van der Waals surface area (Å²) in [5.41, 5.74) is 0.351. The Kier molecular flexibility index (Phi) is 6.38. The number of alkyl halides is 3. The third-order valence-electron chi connectivity index (χ3n) is 4.29. The van der Waals surface area contributed by atoms with Crippen LogP contribution < -0.4 is 5.32 Å². The minimum atomic E-state index is -4.46. The van der Waals surface area contributed by atoms with Crippen molar-refractivity contribution in [2.24, 2.45) is 0 Å². The van der Waals surface area contributed by atoms with Crippen LogP contribution >= 0.6 is 0 Å².